The maximum atomic E-state index is 12.3. The highest BCUT2D eigenvalue weighted by Gasteiger charge is 2.24. The highest BCUT2D eigenvalue weighted by molar-refractivity contribution is 7.98. The lowest BCUT2D eigenvalue weighted by Gasteiger charge is -2.27. The molecule has 0 aromatic carbocycles. The molecule has 19 heavy (non-hydrogen) atoms. The third-order valence-corrected chi connectivity index (χ3v) is 6.57. The summed E-state index contributed by atoms with van der Waals surface area (Å²) in [6.07, 6.45) is 7.25. The van der Waals surface area contributed by atoms with Crippen molar-refractivity contribution in [2.75, 3.05) is 31.4 Å². The van der Waals surface area contributed by atoms with E-state index in [0.29, 0.717) is 6.04 Å². The minimum Gasteiger partial charge on any atom is -0.314 e. The zero-order valence-corrected chi connectivity index (χ0v) is 14.0. The number of hydrogen-bond donors (Lipinski definition) is 1. The van der Waals surface area contributed by atoms with E-state index < -0.39 is 10.0 Å². The molecule has 1 heterocycles. The first kappa shape index (κ1) is 17.3. The summed E-state index contributed by atoms with van der Waals surface area (Å²) in [5, 5.41) is 3.41. The predicted octanol–water partition coefficient (Wildman–Crippen LogP) is 1.92. The molecule has 0 aromatic heterocycles. The van der Waals surface area contributed by atoms with Gasteiger partial charge in [-0.15, -0.1) is 0 Å². The number of nitrogens with zero attached hydrogens (tertiary/aromatic N) is 1. The van der Waals surface area contributed by atoms with E-state index in [0.717, 1.165) is 31.6 Å². The van der Waals surface area contributed by atoms with Gasteiger partial charge in [-0.25, -0.2) is 12.7 Å². The zero-order valence-electron chi connectivity index (χ0n) is 12.4. The topological polar surface area (TPSA) is 49.4 Å². The van der Waals surface area contributed by atoms with Crippen LogP contribution < -0.4 is 5.32 Å². The Kier molecular flexibility index (Phi) is 7.72. The van der Waals surface area contributed by atoms with E-state index >= 15 is 0 Å². The predicted molar refractivity (Wildman–Crippen MR) is 84.3 cm³/mol. The molecule has 6 heteroatoms. The molecule has 0 spiro atoms. The van der Waals surface area contributed by atoms with Crippen molar-refractivity contribution in [2.24, 2.45) is 0 Å². The molecule has 0 aromatic rings. The van der Waals surface area contributed by atoms with Crippen molar-refractivity contribution in [1.82, 2.24) is 9.62 Å². The van der Waals surface area contributed by atoms with Crippen LogP contribution in [0.2, 0.25) is 0 Å². The van der Waals surface area contributed by atoms with Gasteiger partial charge in [-0.2, -0.15) is 11.8 Å². The molecule has 114 valence electrons. The first-order valence-corrected chi connectivity index (χ1v) is 10.2. The van der Waals surface area contributed by atoms with Gasteiger partial charge in [-0.3, -0.25) is 0 Å². The number of thioether (sulfide) groups is 1. The van der Waals surface area contributed by atoms with E-state index in [1.807, 2.05) is 6.92 Å². The maximum Gasteiger partial charge on any atom is 0.214 e. The van der Waals surface area contributed by atoms with E-state index in [1.54, 1.807) is 23.1 Å². The Morgan fingerprint density at radius 3 is 2.74 bits per heavy atom. The van der Waals surface area contributed by atoms with Gasteiger partial charge in [0.1, 0.15) is 0 Å². The summed E-state index contributed by atoms with van der Waals surface area (Å²) in [5.74, 6) is 1.27. The van der Waals surface area contributed by atoms with Crippen molar-refractivity contribution in [3.8, 4) is 0 Å². The molecule has 1 rings (SSSR count). The Bertz CT molecular complexity index is 341. The molecule has 0 aliphatic carbocycles. The fourth-order valence-electron chi connectivity index (χ4n) is 2.35. The Labute approximate surface area is 122 Å². The molecule has 1 aliphatic heterocycles. The van der Waals surface area contributed by atoms with Gasteiger partial charge in [0, 0.05) is 19.1 Å². The van der Waals surface area contributed by atoms with Crippen molar-refractivity contribution in [1.29, 1.82) is 0 Å². The lowest BCUT2D eigenvalue weighted by Crippen LogP contribution is -2.40. The number of piperidine rings is 1. The van der Waals surface area contributed by atoms with Crippen LogP contribution in [0.1, 0.15) is 39.0 Å². The van der Waals surface area contributed by atoms with Crippen LogP contribution in [0.3, 0.4) is 0 Å². The van der Waals surface area contributed by atoms with E-state index in [4.69, 9.17) is 0 Å². The second kappa shape index (κ2) is 8.49. The summed E-state index contributed by atoms with van der Waals surface area (Å²) in [6.45, 7) is 3.03. The summed E-state index contributed by atoms with van der Waals surface area (Å²) in [4.78, 5) is 0. The monoisotopic (exact) mass is 308 g/mol. The summed E-state index contributed by atoms with van der Waals surface area (Å²) < 4.78 is 26.1. The van der Waals surface area contributed by atoms with Crippen LogP contribution in [0.5, 0.6) is 0 Å². The van der Waals surface area contributed by atoms with Crippen molar-refractivity contribution >= 4 is 21.8 Å². The molecule has 1 saturated heterocycles. The lowest BCUT2D eigenvalue weighted by molar-refractivity contribution is 0.369. The van der Waals surface area contributed by atoms with Gasteiger partial charge in [-0.1, -0.05) is 6.42 Å². The van der Waals surface area contributed by atoms with Gasteiger partial charge in [0.2, 0.25) is 10.0 Å². The van der Waals surface area contributed by atoms with E-state index in [2.05, 4.69) is 11.6 Å². The van der Waals surface area contributed by atoms with Gasteiger partial charge in [0.25, 0.3) is 0 Å². The van der Waals surface area contributed by atoms with Crippen molar-refractivity contribution in [3.63, 3.8) is 0 Å². The Hall–Kier alpha value is 0.220. The maximum absolute atomic E-state index is 12.3. The third kappa shape index (κ3) is 6.02. The number of sulfonamides is 1. The average Bonchev–Trinajstić information content (AvgIpc) is 2.43. The second-order valence-corrected chi connectivity index (χ2v) is 8.53. The molecule has 0 bridgehead atoms. The van der Waals surface area contributed by atoms with Crippen LogP contribution in [0.4, 0.5) is 0 Å². The number of rotatable bonds is 8. The minimum atomic E-state index is -3.11. The average molecular weight is 309 g/mol. The van der Waals surface area contributed by atoms with Gasteiger partial charge < -0.3 is 5.32 Å². The SMILES string of the molecule is CSCCC(C)N(C)S(=O)(=O)CCC1CCCCN1. The minimum absolute atomic E-state index is 0.0942. The van der Waals surface area contributed by atoms with Crippen LogP contribution in [0, 0.1) is 0 Å². The first-order chi connectivity index (χ1) is 8.97. The van der Waals surface area contributed by atoms with Gasteiger partial charge >= 0.3 is 0 Å². The van der Waals surface area contributed by atoms with Crippen LogP contribution >= 0.6 is 11.8 Å². The summed E-state index contributed by atoms with van der Waals surface area (Å²) in [6, 6.07) is 0.482. The van der Waals surface area contributed by atoms with Crippen LogP contribution in [0.25, 0.3) is 0 Å². The molecule has 0 saturated carbocycles. The summed E-state index contributed by atoms with van der Waals surface area (Å²) in [5.41, 5.74) is 0. The van der Waals surface area contributed by atoms with Gasteiger partial charge in [-0.05, 0) is 51.2 Å². The van der Waals surface area contributed by atoms with Gasteiger partial charge in [0.05, 0.1) is 5.75 Å². The van der Waals surface area contributed by atoms with Crippen molar-refractivity contribution in [3.05, 3.63) is 0 Å². The highest BCUT2D eigenvalue weighted by Crippen LogP contribution is 2.15. The Morgan fingerprint density at radius 1 is 1.42 bits per heavy atom. The Balaban J connectivity index is 2.40. The quantitative estimate of drug-likeness (QED) is 0.744. The van der Waals surface area contributed by atoms with Crippen molar-refractivity contribution in [2.45, 2.75) is 51.1 Å². The van der Waals surface area contributed by atoms with Crippen LogP contribution in [0.15, 0.2) is 0 Å². The molecule has 1 fully saturated rings. The molecule has 4 nitrogen and oxygen atoms in total. The van der Waals surface area contributed by atoms with Crippen molar-refractivity contribution < 1.29 is 8.42 Å². The molecule has 1 aliphatic rings. The Morgan fingerprint density at radius 2 is 2.16 bits per heavy atom. The summed E-state index contributed by atoms with van der Waals surface area (Å²) >= 11 is 1.76. The van der Waals surface area contributed by atoms with E-state index in [-0.39, 0.29) is 11.8 Å². The second-order valence-electron chi connectivity index (χ2n) is 5.40. The standard InChI is InChI=1S/C13H28N2O2S2/c1-12(7-10-18-3)15(2)19(16,17)11-8-13-6-4-5-9-14-13/h12-14H,4-11H2,1-3H3. The van der Waals surface area contributed by atoms with E-state index in [1.165, 1.54) is 12.8 Å². The van der Waals surface area contributed by atoms with Gasteiger partial charge in [0.15, 0.2) is 0 Å². The van der Waals surface area contributed by atoms with Crippen LogP contribution in [-0.2, 0) is 10.0 Å². The van der Waals surface area contributed by atoms with Crippen LogP contribution in [-0.4, -0.2) is 56.2 Å². The molecule has 0 radical (unpaired) electrons. The number of hydrogen-bond acceptors (Lipinski definition) is 4. The fourth-order valence-corrected chi connectivity index (χ4v) is 4.45. The largest absolute Gasteiger partial charge is 0.314 e. The normalized spacial score (nSPS) is 22.6. The molecule has 0 amide bonds. The molecule has 1 N–H and O–H groups in total. The van der Waals surface area contributed by atoms with E-state index in [9.17, 15) is 8.42 Å². The molecular formula is C13H28N2O2S2. The third-order valence-electron chi connectivity index (χ3n) is 3.94. The smallest absolute Gasteiger partial charge is 0.214 e. The number of nitrogens with one attached hydrogen (secondary N) is 1. The molecule has 2 atom stereocenters. The molecular weight excluding hydrogens is 280 g/mol. The summed E-state index contributed by atoms with van der Waals surface area (Å²) in [7, 11) is -1.39. The fraction of sp³-hybridized carbons (Fsp3) is 1.00. The zero-order chi connectivity index (χ0) is 14.3. The highest BCUT2D eigenvalue weighted by atomic mass is 32.2. The lowest BCUT2D eigenvalue weighted by atomic mass is 10.0. The first-order valence-electron chi connectivity index (χ1n) is 7.15. The molecule has 2 unspecified atom stereocenters.